The third-order valence-electron chi connectivity index (χ3n) is 2.40. The Kier molecular flexibility index (Phi) is 9.18. The molecule has 0 rings (SSSR count). The molecule has 3 N–H and O–H groups in total. The Morgan fingerprint density at radius 3 is 2.62 bits per heavy atom. The van der Waals surface area contributed by atoms with Crippen molar-refractivity contribution in [2.45, 2.75) is 38.3 Å². The molecule has 96 valence electrons. The molecule has 0 radical (unpaired) electrons. The molecular weight excluding hydrogens is 208 g/mol. The number of amides is 1. The van der Waals surface area contributed by atoms with Crippen molar-refractivity contribution < 1.29 is 14.3 Å². The molecule has 0 aromatic rings. The zero-order valence-electron chi connectivity index (χ0n) is 10.5. The van der Waals surface area contributed by atoms with E-state index < -0.39 is 0 Å². The molecule has 16 heavy (non-hydrogen) atoms. The zero-order chi connectivity index (χ0) is 12.4. The lowest BCUT2D eigenvalue weighted by atomic mass is 10.2. The highest BCUT2D eigenvalue weighted by Crippen LogP contribution is 1.99. The molecule has 0 aromatic heterocycles. The van der Waals surface area contributed by atoms with E-state index in [4.69, 9.17) is 15.2 Å². The van der Waals surface area contributed by atoms with Crippen molar-refractivity contribution >= 4 is 5.91 Å². The number of nitrogens with one attached hydrogen (secondary N) is 1. The molecule has 0 heterocycles. The predicted molar refractivity (Wildman–Crippen MR) is 63.2 cm³/mol. The van der Waals surface area contributed by atoms with Gasteiger partial charge in [-0.05, 0) is 19.8 Å². The number of nitrogens with two attached hydrogens (primary N) is 1. The Balaban J connectivity index is 3.43. The highest BCUT2D eigenvalue weighted by Gasteiger charge is 2.06. The zero-order valence-corrected chi connectivity index (χ0v) is 10.5. The standard InChI is InChI=1S/C11H24N2O3/c1-9(16-3)4-5-11(14)13-7-6-10(12)8-15-2/h9-10H,4-8,12H2,1-3H3,(H,13,14). The van der Waals surface area contributed by atoms with E-state index in [1.165, 1.54) is 0 Å². The van der Waals surface area contributed by atoms with Crippen molar-refractivity contribution in [1.29, 1.82) is 0 Å². The van der Waals surface area contributed by atoms with E-state index in [9.17, 15) is 4.79 Å². The van der Waals surface area contributed by atoms with Crippen LogP contribution in [0.4, 0.5) is 0 Å². The number of rotatable bonds is 9. The minimum Gasteiger partial charge on any atom is -0.383 e. The molecule has 0 aliphatic carbocycles. The van der Waals surface area contributed by atoms with E-state index in [2.05, 4.69) is 5.32 Å². The van der Waals surface area contributed by atoms with Gasteiger partial charge in [-0.25, -0.2) is 0 Å². The van der Waals surface area contributed by atoms with Crippen LogP contribution in [-0.2, 0) is 14.3 Å². The van der Waals surface area contributed by atoms with Crippen molar-refractivity contribution in [2.75, 3.05) is 27.4 Å². The van der Waals surface area contributed by atoms with Crippen LogP contribution in [-0.4, -0.2) is 45.4 Å². The van der Waals surface area contributed by atoms with Crippen molar-refractivity contribution in [3.8, 4) is 0 Å². The van der Waals surface area contributed by atoms with E-state index in [0.717, 1.165) is 12.8 Å². The monoisotopic (exact) mass is 232 g/mol. The molecule has 5 nitrogen and oxygen atoms in total. The minimum atomic E-state index is -0.0109. The summed E-state index contributed by atoms with van der Waals surface area (Å²) in [5, 5.41) is 2.82. The first-order valence-corrected chi connectivity index (χ1v) is 5.64. The Bertz CT molecular complexity index is 188. The highest BCUT2D eigenvalue weighted by molar-refractivity contribution is 5.75. The van der Waals surface area contributed by atoms with Gasteiger partial charge in [0.1, 0.15) is 0 Å². The summed E-state index contributed by atoms with van der Waals surface area (Å²) in [5.41, 5.74) is 5.72. The maximum atomic E-state index is 11.4. The van der Waals surface area contributed by atoms with Crippen LogP contribution < -0.4 is 11.1 Å². The average Bonchev–Trinajstić information content (AvgIpc) is 2.26. The number of ether oxygens (including phenoxy) is 2. The normalized spacial score (nSPS) is 14.5. The van der Waals surface area contributed by atoms with Crippen molar-refractivity contribution in [1.82, 2.24) is 5.32 Å². The molecular formula is C11H24N2O3. The van der Waals surface area contributed by atoms with Gasteiger partial charge in [0.05, 0.1) is 12.7 Å². The SMILES string of the molecule is COCC(N)CCNC(=O)CCC(C)OC. The number of carbonyl (C=O) groups excluding carboxylic acids is 1. The summed E-state index contributed by atoms with van der Waals surface area (Å²) in [5.74, 6) is 0.0496. The lowest BCUT2D eigenvalue weighted by Gasteiger charge is -2.12. The van der Waals surface area contributed by atoms with Gasteiger partial charge in [0, 0.05) is 33.2 Å². The summed E-state index contributed by atoms with van der Waals surface area (Å²) in [6.45, 7) is 3.07. The van der Waals surface area contributed by atoms with Gasteiger partial charge in [0.2, 0.25) is 5.91 Å². The van der Waals surface area contributed by atoms with Gasteiger partial charge in [0.15, 0.2) is 0 Å². The summed E-state index contributed by atoms with van der Waals surface area (Å²) in [6, 6.07) is -0.0109. The third-order valence-corrected chi connectivity index (χ3v) is 2.40. The second kappa shape index (κ2) is 9.57. The van der Waals surface area contributed by atoms with Crippen LogP contribution in [0.15, 0.2) is 0 Å². The van der Waals surface area contributed by atoms with Crippen molar-refractivity contribution in [2.24, 2.45) is 5.73 Å². The Labute approximate surface area is 97.7 Å². The Morgan fingerprint density at radius 2 is 2.06 bits per heavy atom. The molecule has 0 bridgehead atoms. The average molecular weight is 232 g/mol. The summed E-state index contributed by atoms with van der Waals surface area (Å²) in [7, 11) is 3.26. The number of methoxy groups -OCH3 is 2. The van der Waals surface area contributed by atoms with Gasteiger partial charge in [-0.2, -0.15) is 0 Å². The van der Waals surface area contributed by atoms with Gasteiger partial charge in [-0.15, -0.1) is 0 Å². The molecule has 0 fully saturated rings. The molecule has 2 unspecified atom stereocenters. The van der Waals surface area contributed by atoms with Gasteiger partial charge in [-0.1, -0.05) is 0 Å². The van der Waals surface area contributed by atoms with Crippen molar-refractivity contribution in [3.63, 3.8) is 0 Å². The quantitative estimate of drug-likeness (QED) is 0.599. The first-order chi connectivity index (χ1) is 7.60. The number of carbonyl (C=O) groups is 1. The summed E-state index contributed by atoms with van der Waals surface area (Å²) in [6.07, 6.45) is 2.10. The van der Waals surface area contributed by atoms with Crippen LogP contribution >= 0.6 is 0 Å². The summed E-state index contributed by atoms with van der Waals surface area (Å²) in [4.78, 5) is 11.4. The predicted octanol–water partition coefficient (Wildman–Crippen LogP) is 0.282. The topological polar surface area (TPSA) is 73.6 Å². The fourth-order valence-corrected chi connectivity index (χ4v) is 1.23. The fraction of sp³-hybridized carbons (Fsp3) is 0.909. The largest absolute Gasteiger partial charge is 0.383 e. The fourth-order valence-electron chi connectivity index (χ4n) is 1.23. The van der Waals surface area contributed by atoms with Crippen LogP contribution in [0.1, 0.15) is 26.2 Å². The second-order valence-electron chi connectivity index (χ2n) is 3.94. The van der Waals surface area contributed by atoms with Gasteiger partial charge >= 0.3 is 0 Å². The summed E-state index contributed by atoms with van der Waals surface area (Å²) < 4.78 is 9.96. The lowest BCUT2D eigenvalue weighted by Crippen LogP contribution is -2.33. The molecule has 2 atom stereocenters. The molecule has 5 heteroatoms. The molecule has 0 aromatic carbocycles. The summed E-state index contributed by atoms with van der Waals surface area (Å²) >= 11 is 0. The van der Waals surface area contributed by atoms with E-state index in [1.54, 1.807) is 14.2 Å². The Hall–Kier alpha value is -0.650. The van der Waals surface area contributed by atoms with Gasteiger partial charge in [-0.3, -0.25) is 4.79 Å². The minimum absolute atomic E-state index is 0.0109. The first-order valence-electron chi connectivity index (χ1n) is 5.64. The molecule has 0 saturated heterocycles. The number of hydrogen-bond donors (Lipinski definition) is 2. The number of hydrogen-bond acceptors (Lipinski definition) is 4. The second-order valence-corrected chi connectivity index (χ2v) is 3.94. The van der Waals surface area contributed by atoms with Crippen LogP contribution in [0.3, 0.4) is 0 Å². The highest BCUT2D eigenvalue weighted by atomic mass is 16.5. The maximum absolute atomic E-state index is 11.4. The van der Waals surface area contributed by atoms with Crippen molar-refractivity contribution in [3.05, 3.63) is 0 Å². The molecule has 0 spiro atoms. The van der Waals surface area contributed by atoms with Crippen LogP contribution in [0, 0.1) is 0 Å². The molecule has 0 aliphatic heterocycles. The van der Waals surface area contributed by atoms with E-state index in [1.807, 2.05) is 6.92 Å². The third kappa shape index (κ3) is 8.64. The van der Waals surface area contributed by atoms with E-state index in [0.29, 0.717) is 19.6 Å². The van der Waals surface area contributed by atoms with E-state index >= 15 is 0 Å². The smallest absolute Gasteiger partial charge is 0.220 e. The molecule has 0 saturated carbocycles. The molecule has 1 amide bonds. The lowest BCUT2D eigenvalue weighted by molar-refractivity contribution is -0.121. The van der Waals surface area contributed by atoms with Crippen LogP contribution in [0.5, 0.6) is 0 Å². The van der Waals surface area contributed by atoms with Gasteiger partial charge in [0.25, 0.3) is 0 Å². The van der Waals surface area contributed by atoms with Gasteiger partial charge < -0.3 is 20.5 Å². The van der Waals surface area contributed by atoms with Crippen LogP contribution in [0.25, 0.3) is 0 Å². The molecule has 0 aliphatic rings. The Morgan fingerprint density at radius 1 is 1.38 bits per heavy atom. The first kappa shape index (κ1) is 15.3. The maximum Gasteiger partial charge on any atom is 0.220 e. The van der Waals surface area contributed by atoms with Crippen LogP contribution in [0.2, 0.25) is 0 Å². The van der Waals surface area contributed by atoms with E-state index in [-0.39, 0.29) is 18.1 Å².